The number of carbonyl (C=O) groups is 1. The third-order valence-electron chi connectivity index (χ3n) is 5.91. The van der Waals surface area contributed by atoms with E-state index >= 15 is 0 Å². The van der Waals surface area contributed by atoms with Gasteiger partial charge in [0.25, 0.3) is 0 Å². The quantitative estimate of drug-likeness (QED) is 0.749. The number of piperazine rings is 1. The number of amides is 1. The Morgan fingerprint density at radius 2 is 1.57 bits per heavy atom. The molecule has 0 aliphatic carbocycles. The highest BCUT2D eigenvalue weighted by Gasteiger charge is 2.50. The highest BCUT2D eigenvalue weighted by atomic mass is 32.2. The molecule has 0 bridgehead atoms. The van der Waals surface area contributed by atoms with Crippen molar-refractivity contribution in [3.63, 3.8) is 0 Å². The fourth-order valence-corrected chi connectivity index (χ4v) is 6.31. The molecule has 0 N–H and O–H groups in total. The first-order valence-electron chi connectivity index (χ1n) is 10.3. The Bertz CT molecular complexity index is 1060. The molecule has 2 aliphatic rings. The van der Waals surface area contributed by atoms with Crippen LogP contribution in [0.1, 0.15) is 25.0 Å². The minimum Gasteiger partial charge on any atom is -0.491 e. The van der Waals surface area contributed by atoms with E-state index in [1.165, 1.54) is 0 Å². The Labute approximate surface area is 178 Å². The van der Waals surface area contributed by atoms with E-state index in [1.807, 2.05) is 75.1 Å². The van der Waals surface area contributed by atoms with Crippen LogP contribution in [0.15, 0.2) is 42.5 Å². The Kier molecular flexibility index (Phi) is 5.26. The molecule has 0 unspecified atom stereocenters. The molecule has 2 aliphatic heterocycles. The van der Waals surface area contributed by atoms with Crippen molar-refractivity contribution in [3.05, 3.63) is 53.6 Å². The second-order valence-electron chi connectivity index (χ2n) is 8.53. The van der Waals surface area contributed by atoms with Crippen LogP contribution in [0, 0.1) is 13.8 Å². The van der Waals surface area contributed by atoms with Gasteiger partial charge in [0.05, 0.1) is 36.2 Å². The highest BCUT2D eigenvalue weighted by molar-refractivity contribution is 7.91. The predicted octanol–water partition coefficient (Wildman–Crippen LogP) is 3.11. The van der Waals surface area contributed by atoms with E-state index in [2.05, 4.69) is 0 Å². The van der Waals surface area contributed by atoms with E-state index in [9.17, 15) is 13.2 Å². The highest BCUT2D eigenvalue weighted by Crippen LogP contribution is 2.35. The van der Waals surface area contributed by atoms with Crippen molar-refractivity contribution in [1.82, 2.24) is 0 Å². The molecule has 30 heavy (non-hydrogen) atoms. The molecular formula is C23H28N2O4S. The van der Waals surface area contributed by atoms with Crippen LogP contribution in [0.3, 0.4) is 0 Å². The van der Waals surface area contributed by atoms with Crippen molar-refractivity contribution in [3.8, 4) is 5.75 Å². The van der Waals surface area contributed by atoms with E-state index in [-0.39, 0.29) is 36.1 Å². The number of carbonyl (C=O) groups excluding carboxylic acids is 1. The van der Waals surface area contributed by atoms with Crippen molar-refractivity contribution in [2.75, 3.05) is 27.9 Å². The molecule has 0 radical (unpaired) electrons. The van der Waals surface area contributed by atoms with Gasteiger partial charge in [-0.1, -0.05) is 6.07 Å². The Morgan fingerprint density at radius 3 is 2.20 bits per heavy atom. The molecule has 0 aromatic heterocycles. The molecule has 2 atom stereocenters. The number of anilines is 2. The summed E-state index contributed by atoms with van der Waals surface area (Å²) >= 11 is 0. The van der Waals surface area contributed by atoms with Gasteiger partial charge in [-0.05, 0) is 75.2 Å². The van der Waals surface area contributed by atoms with E-state index in [4.69, 9.17) is 4.74 Å². The molecule has 160 valence electrons. The van der Waals surface area contributed by atoms with Gasteiger partial charge in [-0.25, -0.2) is 8.42 Å². The van der Waals surface area contributed by atoms with Gasteiger partial charge in [0.15, 0.2) is 9.84 Å². The zero-order valence-electron chi connectivity index (χ0n) is 17.8. The number of nitrogens with zero attached hydrogens (tertiary/aromatic N) is 2. The van der Waals surface area contributed by atoms with Crippen LogP contribution in [0.4, 0.5) is 11.4 Å². The van der Waals surface area contributed by atoms with Gasteiger partial charge >= 0.3 is 0 Å². The van der Waals surface area contributed by atoms with E-state index in [1.54, 1.807) is 4.90 Å². The summed E-state index contributed by atoms with van der Waals surface area (Å²) in [6.45, 7) is 8.10. The molecule has 4 rings (SSSR count). The lowest BCUT2D eigenvalue weighted by Crippen LogP contribution is -2.62. The maximum absolute atomic E-state index is 13.2. The topological polar surface area (TPSA) is 66.9 Å². The molecule has 2 aromatic carbocycles. The van der Waals surface area contributed by atoms with Crippen LogP contribution >= 0.6 is 0 Å². The lowest BCUT2D eigenvalue weighted by molar-refractivity contribution is -0.118. The Balaban J connectivity index is 1.68. The normalized spacial score (nSPS) is 23.0. The van der Waals surface area contributed by atoms with Crippen molar-refractivity contribution in [2.24, 2.45) is 0 Å². The lowest BCUT2D eigenvalue weighted by atomic mass is 10.0. The summed E-state index contributed by atoms with van der Waals surface area (Å²) in [6, 6.07) is 12.7. The van der Waals surface area contributed by atoms with Gasteiger partial charge in [-0.2, -0.15) is 0 Å². The molecule has 2 aromatic rings. The second kappa shape index (κ2) is 7.61. The number of aryl methyl sites for hydroxylation is 2. The van der Waals surface area contributed by atoms with Crippen LogP contribution in [0.25, 0.3) is 0 Å². The number of hydrogen-bond donors (Lipinski definition) is 0. The van der Waals surface area contributed by atoms with Crippen molar-refractivity contribution in [1.29, 1.82) is 0 Å². The average molecular weight is 429 g/mol. The van der Waals surface area contributed by atoms with E-state index in [0.29, 0.717) is 0 Å². The summed E-state index contributed by atoms with van der Waals surface area (Å²) in [5.41, 5.74) is 3.84. The molecule has 6 nitrogen and oxygen atoms in total. The first-order valence-corrected chi connectivity index (χ1v) is 12.1. The number of fused-ring (bicyclic) bond motifs is 1. The fraction of sp³-hybridized carbons (Fsp3) is 0.435. The van der Waals surface area contributed by atoms with Crippen molar-refractivity contribution < 1.29 is 17.9 Å². The summed E-state index contributed by atoms with van der Waals surface area (Å²) in [6.07, 6.45) is 0.0725. The standard InChI is InChI=1S/C23H28N2O4S/c1-15(2)29-20-9-7-18(8-10-20)24-12-23(26)25(19-6-5-16(3)17(4)11-19)22-14-30(27,28)13-21(22)24/h5-11,15,21-22H,12-14H2,1-4H3/t21-,22-/m0/s1. The number of sulfone groups is 1. The van der Waals surface area contributed by atoms with Gasteiger partial charge < -0.3 is 14.5 Å². The monoisotopic (exact) mass is 428 g/mol. The first-order chi connectivity index (χ1) is 14.1. The van der Waals surface area contributed by atoms with Crippen LogP contribution in [0.5, 0.6) is 5.75 Å². The molecule has 0 saturated carbocycles. The third-order valence-corrected chi connectivity index (χ3v) is 7.61. The Morgan fingerprint density at radius 1 is 0.933 bits per heavy atom. The number of ether oxygens (including phenoxy) is 1. The number of benzene rings is 2. The molecule has 0 spiro atoms. The SMILES string of the molecule is Cc1ccc(N2C(=O)CN(c3ccc(OC(C)C)cc3)[C@H]3CS(=O)(=O)C[C@@H]32)cc1C. The van der Waals surface area contributed by atoms with Gasteiger partial charge in [0, 0.05) is 11.4 Å². The average Bonchev–Trinajstić information content (AvgIpc) is 2.98. The maximum Gasteiger partial charge on any atom is 0.246 e. The maximum atomic E-state index is 13.2. The zero-order valence-corrected chi connectivity index (χ0v) is 18.6. The fourth-order valence-electron chi connectivity index (χ4n) is 4.36. The molecular weight excluding hydrogens is 400 g/mol. The van der Waals surface area contributed by atoms with Gasteiger partial charge in [0.2, 0.25) is 5.91 Å². The van der Waals surface area contributed by atoms with Gasteiger partial charge in [-0.3, -0.25) is 4.79 Å². The smallest absolute Gasteiger partial charge is 0.246 e. The largest absolute Gasteiger partial charge is 0.491 e. The summed E-state index contributed by atoms with van der Waals surface area (Å²) in [5.74, 6) is 0.710. The summed E-state index contributed by atoms with van der Waals surface area (Å²) < 4.78 is 30.8. The van der Waals surface area contributed by atoms with Crippen molar-refractivity contribution >= 4 is 27.1 Å². The molecule has 7 heteroatoms. The first kappa shape index (κ1) is 20.7. The third kappa shape index (κ3) is 3.90. The lowest BCUT2D eigenvalue weighted by Gasteiger charge is -2.44. The summed E-state index contributed by atoms with van der Waals surface area (Å²) in [5, 5.41) is 0. The van der Waals surface area contributed by atoms with E-state index in [0.717, 1.165) is 28.3 Å². The Hall–Kier alpha value is -2.54. The van der Waals surface area contributed by atoms with Crippen LogP contribution < -0.4 is 14.5 Å². The van der Waals surface area contributed by atoms with Crippen LogP contribution in [-0.4, -0.2) is 50.6 Å². The summed E-state index contributed by atoms with van der Waals surface area (Å²) in [7, 11) is -3.24. The predicted molar refractivity (Wildman–Crippen MR) is 119 cm³/mol. The molecule has 2 saturated heterocycles. The zero-order chi connectivity index (χ0) is 21.6. The van der Waals surface area contributed by atoms with Crippen LogP contribution in [0.2, 0.25) is 0 Å². The molecule has 2 heterocycles. The van der Waals surface area contributed by atoms with Crippen LogP contribution in [-0.2, 0) is 14.6 Å². The molecule has 2 fully saturated rings. The summed E-state index contributed by atoms with van der Waals surface area (Å²) in [4.78, 5) is 16.8. The van der Waals surface area contributed by atoms with Gasteiger partial charge in [-0.15, -0.1) is 0 Å². The minimum absolute atomic E-state index is 0.0125. The van der Waals surface area contributed by atoms with Crippen molar-refractivity contribution in [2.45, 2.75) is 45.9 Å². The number of hydrogen-bond acceptors (Lipinski definition) is 5. The molecule has 1 amide bonds. The van der Waals surface area contributed by atoms with E-state index < -0.39 is 15.9 Å². The minimum atomic E-state index is -3.24. The number of rotatable bonds is 4. The second-order valence-corrected chi connectivity index (χ2v) is 10.7. The van der Waals surface area contributed by atoms with Gasteiger partial charge in [0.1, 0.15) is 5.75 Å².